The van der Waals surface area contributed by atoms with Crippen LogP contribution in [0.5, 0.6) is 0 Å². The van der Waals surface area contributed by atoms with Crippen molar-refractivity contribution in [2.24, 2.45) is 0 Å². The van der Waals surface area contributed by atoms with Crippen molar-refractivity contribution < 1.29 is 19.7 Å². The lowest BCUT2D eigenvalue weighted by Gasteiger charge is -2.17. The highest BCUT2D eigenvalue weighted by Gasteiger charge is 2.27. The highest BCUT2D eigenvalue weighted by atomic mass is 35.5. The topological polar surface area (TPSA) is 66.8 Å². The van der Waals surface area contributed by atoms with Crippen molar-refractivity contribution in [3.63, 3.8) is 0 Å². The fourth-order valence-electron chi connectivity index (χ4n) is 1.16. The molecule has 0 aliphatic carbocycles. The van der Waals surface area contributed by atoms with Crippen molar-refractivity contribution in [1.29, 1.82) is 0 Å². The van der Waals surface area contributed by atoms with Gasteiger partial charge in [-0.25, -0.2) is 4.79 Å². The van der Waals surface area contributed by atoms with Gasteiger partial charge in [0.1, 0.15) is 6.10 Å². The Morgan fingerprint density at radius 1 is 1.38 bits per heavy atom. The minimum atomic E-state index is -1.68. The number of benzene rings is 1. The predicted molar refractivity (Wildman–Crippen MR) is 59.4 cm³/mol. The standard InChI is InChI=1S/C10H10Cl2O4/c1-16-10(15)9(14)8(13)6-3-2-5(11)4-7(6)12/h2-4,8-9,13-14H,1H3/t8-,9-/m1/s1. The number of carbonyl (C=O) groups is 1. The Hall–Kier alpha value is -0.810. The zero-order valence-corrected chi connectivity index (χ0v) is 9.87. The zero-order chi connectivity index (χ0) is 12.3. The summed E-state index contributed by atoms with van der Waals surface area (Å²) in [5.41, 5.74) is 0.212. The van der Waals surface area contributed by atoms with Gasteiger partial charge in [-0.05, 0) is 12.1 Å². The number of esters is 1. The van der Waals surface area contributed by atoms with Crippen LogP contribution in [0.25, 0.3) is 0 Å². The molecule has 0 bridgehead atoms. The van der Waals surface area contributed by atoms with E-state index in [1.165, 1.54) is 18.2 Å². The number of methoxy groups -OCH3 is 1. The monoisotopic (exact) mass is 264 g/mol. The molecule has 0 amide bonds. The van der Waals surface area contributed by atoms with Crippen LogP contribution in [0.15, 0.2) is 18.2 Å². The van der Waals surface area contributed by atoms with Crippen LogP contribution < -0.4 is 0 Å². The van der Waals surface area contributed by atoms with Gasteiger partial charge in [0.05, 0.1) is 7.11 Å². The van der Waals surface area contributed by atoms with Gasteiger partial charge < -0.3 is 14.9 Å². The molecule has 0 aromatic heterocycles. The first-order valence-corrected chi connectivity index (χ1v) is 5.12. The molecule has 0 saturated carbocycles. The van der Waals surface area contributed by atoms with Crippen LogP contribution in [-0.2, 0) is 9.53 Å². The molecule has 16 heavy (non-hydrogen) atoms. The first-order valence-electron chi connectivity index (χ1n) is 4.36. The maximum absolute atomic E-state index is 11.0. The van der Waals surface area contributed by atoms with E-state index in [-0.39, 0.29) is 10.6 Å². The van der Waals surface area contributed by atoms with Gasteiger partial charge in [0.2, 0.25) is 0 Å². The van der Waals surface area contributed by atoms with Crippen molar-refractivity contribution in [2.45, 2.75) is 12.2 Å². The molecule has 0 radical (unpaired) electrons. The molecule has 6 heteroatoms. The Kier molecular flexibility index (Phi) is 4.56. The minimum absolute atomic E-state index is 0.169. The largest absolute Gasteiger partial charge is 0.467 e. The van der Waals surface area contributed by atoms with Crippen molar-refractivity contribution >= 4 is 29.2 Å². The highest BCUT2D eigenvalue weighted by molar-refractivity contribution is 6.35. The SMILES string of the molecule is COC(=O)[C@H](O)[C@H](O)c1ccc(Cl)cc1Cl. The second kappa shape index (κ2) is 5.50. The van der Waals surface area contributed by atoms with Gasteiger partial charge in [-0.3, -0.25) is 0 Å². The number of ether oxygens (including phenoxy) is 1. The highest BCUT2D eigenvalue weighted by Crippen LogP contribution is 2.28. The summed E-state index contributed by atoms with van der Waals surface area (Å²) in [6.45, 7) is 0. The predicted octanol–water partition coefficient (Wildman–Crippen LogP) is 1.56. The lowest BCUT2D eigenvalue weighted by molar-refractivity contribution is -0.156. The fourth-order valence-corrected chi connectivity index (χ4v) is 1.68. The second-order valence-corrected chi connectivity index (χ2v) is 3.92. The van der Waals surface area contributed by atoms with Gasteiger partial charge in [0, 0.05) is 15.6 Å². The van der Waals surface area contributed by atoms with Crippen molar-refractivity contribution in [1.82, 2.24) is 0 Å². The van der Waals surface area contributed by atoms with Gasteiger partial charge in [0.15, 0.2) is 6.10 Å². The molecule has 0 fully saturated rings. The van der Waals surface area contributed by atoms with Crippen molar-refractivity contribution in [3.8, 4) is 0 Å². The zero-order valence-electron chi connectivity index (χ0n) is 8.35. The molecular weight excluding hydrogens is 255 g/mol. The van der Waals surface area contributed by atoms with Crippen LogP contribution in [0, 0.1) is 0 Å². The van der Waals surface area contributed by atoms with Crippen LogP contribution in [0.3, 0.4) is 0 Å². The van der Waals surface area contributed by atoms with Crippen LogP contribution in [0.1, 0.15) is 11.7 Å². The van der Waals surface area contributed by atoms with E-state index in [9.17, 15) is 15.0 Å². The van der Waals surface area contributed by atoms with Crippen LogP contribution in [-0.4, -0.2) is 29.4 Å². The number of hydrogen-bond acceptors (Lipinski definition) is 4. The van der Waals surface area contributed by atoms with Crippen LogP contribution in [0.2, 0.25) is 10.0 Å². The van der Waals surface area contributed by atoms with Crippen LogP contribution >= 0.6 is 23.2 Å². The Balaban J connectivity index is 2.96. The minimum Gasteiger partial charge on any atom is -0.467 e. The average molecular weight is 265 g/mol. The lowest BCUT2D eigenvalue weighted by atomic mass is 10.0. The maximum atomic E-state index is 11.0. The maximum Gasteiger partial charge on any atom is 0.337 e. The summed E-state index contributed by atoms with van der Waals surface area (Å²) in [5.74, 6) is -0.932. The molecule has 0 aliphatic heterocycles. The normalized spacial score (nSPS) is 14.3. The van der Waals surface area contributed by atoms with Gasteiger partial charge in [-0.15, -0.1) is 0 Å². The molecule has 0 saturated heterocycles. The van der Waals surface area contributed by atoms with Gasteiger partial charge in [0.25, 0.3) is 0 Å². The molecule has 0 unspecified atom stereocenters. The third-order valence-corrected chi connectivity index (χ3v) is 2.59. The molecule has 0 aliphatic rings. The van der Waals surface area contributed by atoms with Gasteiger partial charge in [-0.1, -0.05) is 29.3 Å². The van der Waals surface area contributed by atoms with E-state index in [2.05, 4.69) is 4.74 Å². The average Bonchev–Trinajstić information content (AvgIpc) is 2.26. The molecule has 4 nitrogen and oxygen atoms in total. The fraction of sp³-hybridized carbons (Fsp3) is 0.300. The summed E-state index contributed by atoms with van der Waals surface area (Å²) < 4.78 is 4.30. The summed E-state index contributed by atoms with van der Waals surface area (Å²) in [6, 6.07) is 4.34. The number of rotatable bonds is 3. The van der Waals surface area contributed by atoms with E-state index >= 15 is 0 Å². The quantitative estimate of drug-likeness (QED) is 0.814. The Morgan fingerprint density at radius 2 is 2.00 bits per heavy atom. The second-order valence-electron chi connectivity index (χ2n) is 3.08. The van der Waals surface area contributed by atoms with E-state index in [0.717, 1.165) is 7.11 Å². The first-order chi connectivity index (χ1) is 7.47. The summed E-state index contributed by atoms with van der Waals surface area (Å²) in [7, 11) is 1.11. The molecule has 0 spiro atoms. The molecule has 1 rings (SSSR count). The molecule has 88 valence electrons. The van der Waals surface area contributed by atoms with Crippen molar-refractivity contribution in [3.05, 3.63) is 33.8 Å². The smallest absolute Gasteiger partial charge is 0.337 e. The lowest BCUT2D eigenvalue weighted by Crippen LogP contribution is -2.29. The van der Waals surface area contributed by atoms with E-state index in [1.54, 1.807) is 0 Å². The van der Waals surface area contributed by atoms with Gasteiger partial charge in [-0.2, -0.15) is 0 Å². The van der Waals surface area contributed by atoms with E-state index in [1.807, 2.05) is 0 Å². The third kappa shape index (κ3) is 2.86. The molecule has 2 atom stereocenters. The molecule has 2 N–H and O–H groups in total. The number of halogens is 2. The Bertz CT molecular complexity index is 394. The molecular formula is C10H10Cl2O4. The van der Waals surface area contributed by atoms with E-state index in [0.29, 0.717) is 5.02 Å². The van der Waals surface area contributed by atoms with Gasteiger partial charge >= 0.3 is 5.97 Å². The number of hydrogen-bond donors (Lipinski definition) is 2. The summed E-state index contributed by atoms with van der Waals surface area (Å²) in [4.78, 5) is 11.0. The van der Waals surface area contributed by atoms with Crippen molar-refractivity contribution in [2.75, 3.05) is 7.11 Å². The number of carbonyl (C=O) groups excluding carboxylic acids is 1. The summed E-state index contributed by atoms with van der Waals surface area (Å²) in [5, 5.41) is 19.7. The third-order valence-electron chi connectivity index (χ3n) is 2.02. The number of aliphatic hydroxyl groups excluding tert-OH is 2. The Labute approximate surface area is 102 Å². The summed E-state index contributed by atoms with van der Waals surface area (Å²) in [6.07, 6.45) is -3.12. The molecule has 0 heterocycles. The Morgan fingerprint density at radius 3 is 2.50 bits per heavy atom. The first kappa shape index (κ1) is 13.3. The molecule has 1 aromatic carbocycles. The number of aliphatic hydroxyl groups is 2. The summed E-state index contributed by atoms with van der Waals surface area (Å²) >= 11 is 11.5. The van der Waals surface area contributed by atoms with E-state index < -0.39 is 18.2 Å². The van der Waals surface area contributed by atoms with Crippen LogP contribution in [0.4, 0.5) is 0 Å². The van der Waals surface area contributed by atoms with E-state index in [4.69, 9.17) is 23.2 Å². The molecule has 1 aromatic rings.